The van der Waals surface area contributed by atoms with Crippen molar-refractivity contribution in [3.05, 3.63) is 47.0 Å². The maximum absolute atomic E-state index is 5.77. The van der Waals surface area contributed by atoms with Gasteiger partial charge in [0.15, 0.2) is 0 Å². The van der Waals surface area contributed by atoms with Crippen molar-refractivity contribution >= 4 is 34.0 Å². The molecule has 0 radical (unpaired) electrons. The molecule has 0 unspecified atom stereocenters. The van der Waals surface area contributed by atoms with Crippen LogP contribution in [0.5, 0.6) is 23.0 Å². The third kappa shape index (κ3) is 3.52. The van der Waals surface area contributed by atoms with Crippen molar-refractivity contribution in [3.63, 3.8) is 0 Å². The van der Waals surface area contributed by atoms with Crippen LogP contribution in [0, 0.1) is 13.8 Å². The van der Waals surface area contributed by atoms with Crippen LogP contribution in [0.15, 0.2) is 35.3 Å². The molecule has 0 atom stereocenters. The van der Waals surface area contributed by atoms with Crippen molar-refractivity contribution < 1.29 is 18.9 Å². The zero-order chi connectivity index (χ0) is 22.1. The molecule has 1 aromatic heterocycles. The van der Waals surface area contributed by atoms with Crippen molar-refractivity contribution in [1.82, 2.24) is 9.97 Å². The molecule has 0 saturated heterocycles. The van der Waals surface area contributed by atoms with Crippen molar-refractivity contribution in [3.8, 4) is 23.0 Å². The van der Waals surface area contributed by atoms with E-state index < -0.39 is 0 Å². The molecular weight excluding hydrogens is 394 g/mol. The smallest absolute Gasteiger partial charge is 0.227 e. The Morgan fingerprint density at radius 2 is 1.45 bits per heavy atom. The van der Waals surface area contributed by atoms with Gasteiger partial charge in [0.1, 0.15) is 23.0 Å². The van der Waals surface area contributed by atoms with Gasteiger partial charge in [0.05, 0.1) is 50.2 Å². The first-order valence-electron chi connectivity index (χ1n) is 9.81. The molecule has 1 N–H and O–H groups in total. The average molecular weight is 419 g/mol. The lowest BCUT2D eigenvalue weighted by atomic mass is 10.0. The molecule has 31 heavy (non-hydrogen) atoms. The Morgan fingerprint density at radius 1 is 0.806 bits per heavy atom. The Kier molecular flexibility index (Phi) is 5.42. The number of aliphatic imine (C=N–C) groups is 1. The van der Waals surface area contributed by atoms with E-state index >= 15 is 0 Å². The van der Waals surface area contributed by atoms with Gasteiger partial charge < -0.3 is 23.9 Å². The molecule has 4 rings (SSSR count). The van der Waals surface area contributed by atoms with E-state index in [0.29, 0.717) is 28.9 Å². The summed E-state index contributed by atoms with van der Waals surface area (Å²) in [6.07, 6.45) is 1.71. The summed E-state index contributed by atoms with van der Waals surface area (Å²) in [5.41, 5.74) is 4.95. The molecule has 4 aromatic rings. The lowest BCUT2D eigenvalue weighted by molar-refractivity contribution is 0.392. The number of aromatic nitrogens is 2. The molecule has 0 fully saturated rings. The van der Waals surface area contributed by atoms with Crippen molar-refractivity contribution in [1.29, 1.82) is 0 Å². The zero-order valence-corrected chi connectivity index (χ0v) is 18.5. The van der Waals surface area contributed by atoms with Crippen LogP contribution in [0.1, 0.15) is 16.7 Å². The Balaban J connectivity index is 1.89. The summed E-state index contributed by atoms with van der Waals surface area (Å²) < 4.78 is 22.6. The van der Waals surface area contributed by atoms with Crippen molar-refractivity contribution in [2.45, 2.75) is 13.8 Å². The minimum Gasteiger partial charge on any atom is -0.496 e. The Morgan fingerprint density at radius 3 is 2.10 bits per heavy atom. The third-order valence-electron chi connectivity index (χ3n) is 5.43. The molecule has 0 spiro atoms. The predicted molar refractivity (Wildman–Crippen MR) is 123 cm³/mol. The van der Waals surface area contributed by atoms with Crippen LogP contribution in [0.2, 0.25) is 0 Å². The van der Waals surface area contributed by atoms with Gasteiger partial charge in [-0.25, -0.2) is 9.98 Å². The highest BCUT2D eigenvalue weighted by Gasteiger charge is 2.20. The number of aromatic amines is 1. The highest BCUT2D eigenvalue weighted by atomic mass is 16.5. The van der Waals surface area contributed by atoms with Crippen LogP contribution < -0.4 is 18.9 Å². The fourth-order valence-electron chi connectivity index (χ4n) is 3.72. The second kappa shape index (κ2) is 8.18. The van der Waals surface area contributed by atoms with Crippen molar-refractivity contribution in [2.24, 2.45) is 4.99 Å². The fourth-order valence-corrected chi connectivity index (χ4v) is 3.72. The summed E-state index contributed by atoms with van der Waals surface area (Å²) in [7, 11) is 6.47. The Labute approximate surface area is 180 Å². The van der Waals surface area contributed by atoms with Gasteiger partial charge in [0.25, 0.3) is 0 Å². The first-order valence-corrected chi connectivity index (χ1v) is 9.81. The lowest BCUT2D eigenvalue weighted by Crippen LogP contribution is -1.99. The number of aryl methyl sites for hydroxylation is 2. The molecule has 160 valence electrons. The van der Waals surface area contributed by atoms with Gasteiger partial charge in [-0.15, -0.1) is 0 Å². The van der Waals surface area contributed by atoms with Gasteiger partial charge in [0, 0.05) is 11.8 Å². The zero-order valence-electron chi connectivity index (χ0n) is 18.5. The van der Waals surface area contributed by atoms with Gasteiger partial charge in [-0.2, -0.15) is 0 Å². The first-order chi connectivity index (χ1) is 15.0. The maximum atomic E-state index is 5.77. The Hall–Kier alpha value is -3.74. The van der Waals surface area contributed by atoms with Gasteiger partial charge in [-0.3, -0.25) is 0 Å². The summed E-state index contributed by atoms with van der Waals surface area (Å²) >= 11 is 0. The number of benzene rings is 3. The standard InChI is InChI=1S/C24H25N3O4/c1-13-9-16-17(10-14(13)2)27-24(26-16)25-12-15-11-20(30-5)21-18(28-3)7-8-19(29-4)22(21)23(15)31-6/h7-12H,1-6H3,(H,26,27). The highest BCUT2D eigenvalue weighted by molar-refractivity contribution is 6.07. The van der Waals surface area contributed by atoms with E-state index in [0.717, 1.165) is 27.4 Å². The second-order valence-electron chi connectivity index (χ2n) is 7.19. The van der Waals surface area contributed by atoms with E-state index in [-0.39, 0.29) is 0 Å². The number of methoxy groups -OCH3 is 4. The first kappa shape index (κ1) is 20.5. The van der Waals surface area contributed by atoms with E-state index in [1.165, 1.54) is 11.1 Å². The minimum atomic E-state index is 0.513. The monoisotopic (exact) mass is 419 g/mol. The molecule has 0 amide bonds. The summed E-state index contributed by atoms with van der Waals surface area (Å²) in [4.78, 5) is 12.4. The number of hydrogen-bond donors (Lipinski definition) is 1. The molecule has 0 saturated carbocycles. The lowest BCUT2D eigenvalue weighted by Gasteiger charge is -2.17. The van der Waals surface area contributed by atoms with Crippen LogP contribution in [0.4, 0.5) is 5.95 Å². The minimum absolute atomic E-state index is 0.513. The highest BCUT2D eigenvalue weighted by Crippen LogP contribution is 2.45. The SMILES string of the molecule is COc1ccc(OC)c2c(OC)c(C=Nc3nc4cc(C)c(C)cc4[nH]3)cc(OC)c12. The van der Waals surface area contributed by atoms with Crippen LogP contribution in [-0.4, -0.2) is 44.6 Å². The van der Waals surface area contributed by atoms with Gasteiger partial charge in [0.2, 0.25) is 5.95 Å². The molecule has 3 aromatic carbocycles. The number of fused-ring (bicyclic) bond motifs is 2. The average Bonchev–Trinajstić information content (AvgIpc) is 3.17. The topological polar surface area (TPSA) is 78.0 Å². The van der Waals surface area contributed by atoms with Crippen LogP contribution >= 0.6 is 0 Å². The quantitative estimate of drug-likeness (QED) is 0.439. The normalized spacial score (nSPS) is 11.4. The number of nitrogens with one attached hydrogen (secondary N) is 1. The number of nitrogens with zero attached hydrogens (tertiary/aromatic N) is 2. The Bertz CT molecular complexity index is 1270. The van der Waals surface area contributed by atoms with Crippen LogP contribution in [0.3, 0.4) is 0 Å². The molecule has 1 heterocycles. The number of hydrogen-bond acceptors (Lipinski definition) is 6. The number of imidazole rings is 1. The molecule has 0 aliphatic carbocycles. The molecular formula is C24H25N3O4. The number of ether oxygens (including phenoxy) is 4. The maximum Gasteiger partial charge on any atom is 0.227 e. The number of H-pyrrole nitrogens is 1. The van der Waals surface area contributed by atoms with Gasteiger partial charge >= 0.3 is 0 Å². The molecule has 0 aliphatic rings. The van der Waals surface area contributed by atoms with E-state index in [2.05, 4.69) is 40.9 Å². The summed E-state index contributed by atoms with van der Waals surface area (Å²) in [5.74, 6) is 3.06. The van der Waals surface area contributed by atoms with Crippen LogP contribution in [-0.2, 0) is 0 Å². The molecule has 7 nitrogen and oxygen atoms in total. The second-order valence-corrected chi connectivity index (χ2v) is 7.19. The molecule has 7 heteroatoms. The van der Waals surface area contributed by atoms with E-state index in [4.69, 9.17) is 18.9 Å². The molecule has 0 bridgehead atoms. The summed E-state index contributed by atoms with van der Waals surface area (Å²) in [6.45, 7) is 4.15. The van der Waals surface area contributed by atoms with Gasteiger partial charge in [-0.1, -0.05) is 0 Å². The van der Waals surface area contributed by atoms with Gasteiger partial charge in [-0.05, 0) is 55.3 Å². The van der Waals surface area contributed by atoms with E-state index in [1.54, 1.807) is 34.7 Å². The third-order valence-corrected chi connectivity index (χ3v) is 5.43. The predicted octanol–water partition coefficient (Wildman–Crippen LogP) is 5.12. The van der Waals surface area contributed by atoms with Crippen LogP contribution in [0.25, 0.3) is 21.8 Å². The largest absolute Gasteiger partial charge is 0.496 e. The molecule has 0 aliphatic heterocycles. The van der Waals surface area contributed by atoms with Crippen molar-refractivity contribution in [2.75, 3.05) is 28.4 Å². The van der Waals surface area contributed by atoms with E-state index in [9.17, 15) is 0 Å². The summed E-state index contributed by atoms with van der Waals surface area (Å²) in [6, 6.07) is 9.68. The fraction of sp³-hybridized carbons (Fsp3) is 0.250. The summed E-state index contributed by atoms with van der Waals surface area (Å²) in [5, 5.41) is 1.52. The number of rotatable bonds is 6. The van der Waals surface area contributed by atoms with E-state index in [1.807, 2.05) is 18.2 Å².